The number of ether oxygens (including phenoxy) is 1. The molecule has 0 bridgehead atoms. The molecule has 0 spiro atoms. The fourth-order valence-corrected chi connectivity index (χ4v) is 2.25. The monoisotopic (exact) mass is 280 g/mol. The Morgan fingerprint density at radius 3 is 2.06 bits per heavy atom. The second-order valence-corrected chi connectivity index (χ2v) is 4.97. The van der Waals surface area contributed by atoms with Gasteiger partial charge in [0, 0.05) is 6.08 Å². The van der Waals surface area contributed by atoms with Crippen LogP contribution in [-0.2, 0) is 27.7 Å². The minimum Gasteiger partial charge on any atom is -0.463 e. The van der Waals surface area contributed by atoms with Gasteiger partial charge in [-0.3, -0.25) is 13.6 Å². The molecule has 7 heteroatoms. The summed E-state index contributed by atoms with van der Waals surface area (Å²) >= 11 is 0. The molecule has 0 atom stereocenters. The van der Waals surface area contributed by atoms with E-state index in [1.807, 2.05) is 0 Å². The van der Waals surface area contributed by atoms with Crippen molar-refractivity contribution < 1.29 is 27.7 Å². The second kappa shape index (κ2) is 9.28. The molecule has 0 aromatic rings. The third-order valence-corrected chi connectivity index (χ3v) is 3.27. The molecule has 0 aliphatic rings. The molecule has 0 aromatic heterocycles. The van der Waals surface area contributed by atoms with Crippen molar-refractivity contribution in [3.8, 4) is 0 Å². The number of hydrogen-bond donors (Lipinski definition) is 0. The number of phosphoric acid groups is 1. The van der Waals surface area contributed by atoms with Crippen molar-refractivity contribution in [2.24, 2.45) is 0 Å². The molecular formula is C11H21O6P. The van der Waals surface area contributed by atoms with E-state index in [0.717, 1.165) is 0 Å². The summed E-state index contributed by atoms with van der Waals surface area (Å²) in [6.07, 6.45) is 1.28. The Bertz CT molecular complexity index is 315. The summed E-state index contributed by atoms with van der Waals surface area (Å²) in [5, 5.41) is 0. The van der Waals surface area contributed by atoms with Gasteiger partial charge in [-0.25, -0.2) is 9.36 Å². The highest BCUT2D eigenvalue weighted by Gasteiger charge is 2.25. The van der Waals surface area contributed by atoms with E-state index in [9.17, 15) is 9.36 Å². The summed E-state index contributed by atoms with van der Waals surface area (Å²) in [6.45, 7) is 7.49. The zero-order valence-corrected chi connectivity index (χ0v) is 12.2. The van der Waals surface area contributed by atoms with E-state index >= 15 is 0 Å². The van der Waals surface area contributed by atoms with E-state index in [-0.39, 0.29) is 19.8 Å². The van der Waals surface area contributed by atoms with Crippen molar-refractivity contribution in [1.29, 1.82) is 0 Å². The van der Waals surface area contributed by atoms with Crippen LogP contribution < -0.4 is 0 Å². The Labute approximate surface area is 108 Å². The maximum atomic E-state index is 11.9. The number of carbonyl (C=O) groups is 1. The predicted molar refractivity (Wildman–Crippen MR) is 67.2 cm³/mol. The van der Waals surface area contributed by atoms with E-state index in [1.54, 1.807) is 27.7 Å². The molecule has 0 N–H and O–H groups in total. The van der Waals surface area contributed by atoms with Gasteiger partial charge in [-0.2, -0.15) is 0 Å². The van der Waals surface area contributed by atoms with Gasteiger partial charge in [-0.1, -0.05) is 0 Å². The zero-order chi connectivity index (χ0) is 14.0. The Kier molecular flexibility index (Phi) is 8.93. The molecule has 106 valence electrons. The SMILES string of the molecule is CCOC(=O)/C=C(\C)COP(=O)(OCC)OCC. The van der Waals surface area contributed by atoms with Crippen LogP contribution in [0.4, 0.5) is 0 Å². The van der Waals surface area contributed by atoms with Gasteiger partial charge < -0.3 is 4.74 Å². The van der Waals surface area contributed by atoms with Gasteiger partial charge in [0.25, 0.3) is 0 Å². The summed E-state index contributed by atoms with van der Waals surface area (Å²) < 4.78 is 31.6. The highest BCUT2D eigenvalue weighted by molar-refractivity contribution is 7.48. The molecule has 18 heavy (non-hydrogen) atoms. The van der Waals surface area contributed by atoms with Crippen molar-refractivity contribution in [2.45, 2.75) is 27.7 Å². The molecule has 0 unspecified atom stereocenters. The van der Waals surface area contributed by atoms with Gasteiger partial charge in [-0.05, 0) is 33.3 Å². The third-order valence-electron chi connectivity index (χ3n) is 1.68. The van der Waals surface area contributed by atoms with Crippen LogP contribution >= 0.6 is 7.82 Å². The smallest absolute Gasteiger partial charge is 0.463 e. The first-order valence-corrected chi connectivity index (χ1v) is 7.31. The molecule has 0 aliphatic carbocycles. The van der Waals surface area contributed by atoms with Crippen molar-refractivity contribution in [3.63, 3.8) is 0 Å². The predicted octanol–water partition coefficient (Wildman–Crippen LogP) is 2.69. The summed E-state index contributed by atoms with van der Waals surface area (Å²) in [7, 11) is -3.52. The summed E-state index contributed by atoms with van der Waals surface area (Å²) in [4.78, 5) is 11.1. The molecule has 0 aliphatic heterocycles. The molecule has 0 fully saturated rings. The molecule has 0 saturated heterocycles. The van der Waals surface area contributed by atoms with Crippen LogP contribution in [-0.4, -0.2) is 32.4 Å². The molecule has 0 amide bonds. The van der Waals surface area contributed by atoms with Crippen molar-refractivity contribution in [3.05, 3.63) is 11.6 Å². The summed E-state index contributed by atoms with van der Waals surface area (Å²) in [5.41, 5.74) is 0.577. The third kappa shape index (κ3) is 7.61. The first kappa shape index (κ1) is 17.3. The van der Waals surface area contributed by atoms with Gasteiger partial charge in [0.05, 0.1) is 26.4 Å². The maximum Gasteiger partial charge on any atom is 0.475 e. The highest BCUT2D eigenvalue weighted by Crippen LogP contribution is 2.49. The van der Waals surface area contributed by atoms with E-state index in [1.165, 1.54) is 6.08 Å². The van der Waals surface area contributed by atoms with Crippen LogP contribution in [0.5, 0.6) is 0 Å². The van der Waals surface area contributed by atoms with Gasteiger partial charge in [0.1, 0.15) is 0 Å². The fourth-order valence-electron chi connectivity index (χ4n) is 1.04. The van der Waals surface area contributed by atoms with Gasteiger partial charge in [0.15, 0.2) is 0 Å². The van der Waals surface area contributed by atoms with Crippen molar-refractivity contribution in [2.75, 3.05) is 26.4 Å². The van der Waals surface area contributed by atoms with Crippen LogP contribution in [0.3, 0.4) is 0 Å². The Hall–Kier alpha value is -0.680. The molecule has 6 nitrogen and oxygen atoms in total. The minimum atomic E-state index is -3.52. The maximum absolute atomic E-state index is 11.9. The number of phosphoric ester groups is 1. The number of esters is 1. The van der Waals surface area contributed by atoms with Crippen LogP contribution in [0.15, 0.2) is 11.6 Å². The minimum absolute atomic E-state index is 0.0178. The van der Waals surface area contributed by atoms with Crippen LogP contribution in [0.25, 0.3) is 0 Å². The van der Waals surface area contributed by atoms with Crippen molar-refractivity contribution >= 4 is 13.8 Å². The fraction of sp³-hybridized carbons (Fsp3) is 0.727. The van der Waals surface area contributed by atoms with E-state index in [0.29, 0.717) is 12.2 Å². The number of hydrogen-bond acceptors (Lipinski definition) is 6. The molecule has 0 heterocycles. The largest absolute Gasteiger partial charge is 0.475 e. The Morgan fingerprint density at radius 2 is 1.61 bits per heavy atom. The van der Waals surface area contributed by atoms with E-state index < -0.39 is 13.8 Å². The van der Waals surface area contributed by atoms with Crippen molar-refractivity contribution in [1.82, 2.24) is 0 Å². The lowest BCUT2D eigenvalue weighted by Gasteiger charge is -2.16. The number of carbonyl (C=O) groups excluding carboxylic acids is 1. The average molecular weight is 280 g/mol. The molecule has 0 aromatic carbocycles. The summed E-state index contributed by atoms with van der Waals surface area (Å²) in [5.74, 6) is -0.457. The second-order valence-electron chi connectivity index (χ2n) is 3.30. The molecule has 0 radical (unpaired) electrons. The topological polar surface area (TPSA) is 71.1 Å². The summed E-state index contributed by atoms with van der Waals surface area (Å²) in [6, 6.07) is 0. The van der Waals surface area contributed by atoms with Crippen LogP contribution in [0.2, 0.25) is 0 Å². The average Bonchev–Trinajstić information content (AvgIpc) is 2.27. The quantitative estimate of drug-likeness (QED) is 0.367. The Morgan fingerprint density at radius 1 is 1.06 bits per heavy atom. The van der Waals surface area contributed by atoms with Gasteiger partial charge in [-0.15, -0.1) is 0 Å². The van der Waals surface area contributed by atoms with Gasteiger partial charge >= 0.3 is 13.8 Å². The lowest BCUT2D eigenvalue weighted by Crippen LogP contribution is -2.05. The highest BCUT2D eigenvalue weighted by atomic mass is 31.2. The standard InChI is InChI=1S/C11H21O6P/c1-5-14-11(12)8-10(4)9-17-18(13,15-6-2)16-7-3/h8H,5-7,9H2,1-4H3/b10-8+. The van der Waals surface area contributed by atoms with Gasteiger partial charge in [0.2, 0.25) is 0 Å². The first-order valence-electron chi connectivity index (χ1n) is 5.85. The van der Waals surface area contributed by atoms with E-state index in [4.69, 9.17) is 18.3 Å². The van der Waals surface area contributed by atoms with Crippen LogP contribution in [0.1, 0.15) is 27.7 Å². The molecular weight excluding hydrogens is 259 g/mol. The zero-order valence-electron chi connectivity index (χ0n) is 11.3. The van der Waals surface area contributed by atoms with Crippen LogP contribution in [0, 0.1) is 0 Å². The normalized spacial score (nSPS) is 12.6. The lowest BCUT2D eigenvalue weighted by atomic mass is 10.3. The molecule has 0 saturated carbocycles. The number of rotatable bonds is 9. The first-order chi connectivity index (χ1) is 8.47. The molecule has 0 rings (SSSR count). The Balaban J connectivity index is 4.34. The van der Waals surface area contributed by atoms with E-state index in [2.05, 4.69) is 0 Å². The lowest BCUT2D eigenvalue weighted by molar-refractivity contribution is -0.137.